The van der Waals surface area contributed by atoms with Gasteiger partial charge in [0.2, 0.25) is 5.91 Å². The van der Waals surface area contributed by atoms with Crippen molar-refractivity contribution in [1.82, 2.24) is 5.32 Å². The summed E-state index contributed by atoms with van der Waals surface area (Å²) in [4.78, 5) is 12.5. The number of methoxy groups -OCH3 is 1. The molecule has 0 aliphatic carbocycles. The summed E-state index contributed by atoms with van der Waals surface area (Å²) in [6.07, 6.45) is 0.945. The van der Waals surface area contributed by atoms with Crippen molar-refractivity contribution in [2.24, 2.45) is 0 Å². The molecule has 0 heterocycles. The van der Waals surface area contributed by atoms with Crippen molar-refractivity contribution in [2.75, 3.05) is 13.7 Å². The summed E-state index contributed by atoms with van der Waals surface area (Å²) in [5.74, 6) is 2.42. The van der Waals surface area contributed by atoms with Crippen molar-refractivity contribution in [3.8, 4) is 23.0 Å². The van der Waals surface area contributed by atoms with E-state index in [4.69, 9.17) is 9.47 Å². The quantitative estimate of drug-likeness (QED) is 0.296. The Kier molecular flexibility index (Phi) is 8.80. The average Bonchev–Trinajstić information content (AvgIpc) is 2.77. The number of hydrogen-bond acceptors (Lipinski definition) is 4. The second-order valence-corrected chi connectivity index (χ2v) is 9.66. The maximum Gasteiger partial charge on any atom is 0.224 e. The number of phenolic OH excluding ortho intramolecular Hbond substituents is 1. The summed E-state index contributed by atoms with van der Waals surface area (Å²) in [5.41, 5.74) is 2.73. The summed E-state index contributed by atoms with van der Waals surface area (Å²) in [5, 5.41) is 13.0. The molecule has 2 N–H and O–H groups in total. The number of aromatic hydroxyl groups is 1. The zero-order chi connectivity index (χ0) is 24.0. The van der Waals surface area contributed by atoms with E-state index < -0.39 is 0 Å². The second kappa shape index (κ2) is 11.6. The van der Waals surface area contributed by atoms with Crippen LogP contribution in [0.2, 0.25) is 0 Å². The van der Waals surface area contributed by atoms with E-state index >= 15 is 0 Å². The molecule has 1 amide bonds. The molecule has 3 rings (SSSR count). The van der Waals surface area contributed by atoms with Gasteiger partial charge in [-0.15, -0.1) is 0 Å². The number of benzene rings is 3. The van der Waals surface area contributed by atoms with Crippen LogP contribution in [0.15, 0.2) is 63.5 Å². The molecule has 0 saturated carbocycles. The summed E-state index contributed by atoms with van der Waals surface area (Å²) in [6.45, 7) is 4.56. The van der Waals surface area contributed by atoms with Gasteiger partial charge in [0.1, 0.15) is 17.2 Å². The second-order valence-electron chi connectivity index (χ2n) is 7.95. The Morgan fingerprint density at radius 2 is 1.76 bits per heavy atom. The van der Waals surface area contributed by atoms with Crippen LogP contribution in [0.25, 0.3) is 0 Å². The van der Waals surface area contributed by atoms with E-state index in [1.165, 1.54) is 0 Å². The number of phenols is 1. The minimum Gasteiger partial charge on any atom is -0.508 e. The minimum atomic E-state index is -0.0579. The number of ether oxygens (including phenoxy) is 2. The molecule has 33 heavy (non-hydrogen) atoms. The highest BCUT2D eigenvalue weighted by molar-refractivity contribution is 9.11. The Bertz CT molecular complexity index is 1110. The molecule has 0 radical (unpaired) electrons. The van der Waals surface area contributed by atoms with E-state index in [0.717, 1.165) is 31.4 Å². The highest BCUT2D eigenvalue weighted by Crippen LogP contribution is 2.39. The molecular formula is C26H27Br2NO4. The van der Waals surface area contributed by atoms with Crippen molar-refractivity contribution in [3.63, 3.8) is 0 Å². The molecule has 7 heteroatoms. The molecular weight excluding hydrogens is 550 g/mol. The Balaban J connectivity index is 1.62. The smallest absolute Gasteiger partial charge is 0.224 e. The fourth-order valence-electron chi connectivity index (χ4n) is 3.48. The van der Waals surface area contributed by atoms with Crippen LogP contribution in [0.5, 0.6) is 23.0 Å². The third kappa shape index (κ3) is 6.74. The van der Waals surface area contributed by atoms with Crippen molar-refractivity contribution < 1.29 is 19.4 Å². The number of carbonyl (C=O) groups is 1. The van der Waals surface area contributed by atoms with Gasteiger partial charge < -0.3 is 19.9 Å². The molecule has 0 saturated heterocycles. The molecule has 0 unspecified atom stereocenters. The fourth-order valence-corrected chi connectivity index (χ4v) is 4.93. The first-order valence-electron chi connectivity index (χ1n) is 10.7. The lowest BCUT2D eigenvalue weighted by molar-refractivity contribution is -0.120. The van der Waals surface area contributed by atoms with Gasteiger partial charge >= 0.3 is 0 Å². The van der Waals surface area contributed by atoms with Crippen LogP contribution in [0, 0.1) is 0 Å². The first-order valence-corrected chi connectivity index (χ1v) is 12.2. The van der Waals surface area contributed by atoms with Gasteiger partial charge in [-0.3, -0.25) is 4.79 Å². The number of nitrogens with one attached hydrogen (secondary N) is 1. The monoisotopic (exact) mass is 575 g/mol. The molecule has 0 fully saturated rings. The number of rotatable bonds is 9. The van der Waals surface area contributed by atoms with Crippen LogP contribution in [0.4, 0.5) is 0 Å². The number of para-hydroxylation sites is 1. The maximum atomic E-state index is 12.5. The lowest BCUT2D eigenvalue weighted by atomic mass is 10.0. The molecule has 0 spiro atoms. The highest BCUT2D eigenvalue weighted by atomic mass is 79.9. The molecule has 0 atom stereocenters. The molecule has 174 valence electrons. The average molecular weight is 577 g/mol. The van der Waals surface area contributed by atoms with Gasteiger partial charge in [0.05, 0.1) is 22.5 Å². The summed E-state index contributed by atoms with van der Waals surface area (Å²) in [7, 11) is 1.64. The Hall–Kier alpha value is -2.51. The maximum absolute atomic E-state index is 12.5. The largest absolute Gasteiger partial charge is 0.508 e. The van der Waals surface area contributed by atoms with E-state index in [9.17, 15) is 9.90 Å². The van der Waals surface area contributed by atoms with Crippen molar-refractivity contribution >= 4 is 37.8 Å². The normalized spacial score (nSPS) is 10.8. The summed E-state index contributed by atoms with van der Waals surface area (Å²) >= 11 is 7.11. The van der Waals surface area contributed by atoms with Crippen molar-refractivity contribution in [3.05, 3.63) is 80.2 Å². The van der Waals surface area contributed by atoms with Gasteiger partial charge in [-0.2, -0.15) is 0 Å². The van der Waals surface area contributed by atoms with E-state index in [-0.39, 0.29) is 24.0 Å². The summed E-state index contributed by atoms with van der Waals surface area (Å²) in [6, 6.07) is 16.7. The number of halogens is 2. The van der Waals surface area contributed by atoms with Crippen molar-refractivity contribution in [1.29, 1.82) is 0 Å². The molecule has 0 aromatic heterocycles. The lowest BCUT2D eigenvalue weighted by Gasteiger charge is -2.15. The van der Waals surface area contributed by atoms with E-state index in [2.05, 4.69) is 37.2 Å². The number of carbonyl (C=O) groups excluding carboxylic acids is 1. The van der Waals surface area contributed by atoms with Crippen molar-refractivity contribution in [2.45, 2.75) is 32.6 Å². The first-order chi connectivity index (χ1) is 15.8. The highest BCUT2D eigenvalue weighted by Gasteiger charge is 2.14. The van der Waals surface area contributed by atoms with Gasteiger partial charge in [0, 0.05) is 12.1 Å². The third-order valence-electron chi connectivity index (χ3n) is 5.17. The topological polar surface area (TPSA) is 67.8 Å². The lowest BCUT2D eigenvalue weighted by Crippen LogP contribution is -2.27. The molecule has 3 aromatic rings. The molecule has 3 aromatic carbocycles. The molecule has 0 aliphatic heterocycles. The number of amides is 1. The van der Waals surface area contributed by atoms with Crippen LogP contribution in [0.1, 0.15) is 36.5 Å². The van der Waals surface area contributed by atoms with Crippen LogP contribution in [0.3, 0.4) is 0 Å². The SMILES string of the molecule is COc1ccccc1CCNC(=O)Cc1cc(Br)c(Oc2ccc(O)c(C(C)C)c2)c(Br)c1. The minimum absolute atomic E-state index is 0.0579. The van der Waals surface area contributed by atoms with E-state index in [0.29, 0.717) is 24.5 Å². The van der Waals surface area contributed by atoms with Crippen LogP contribution in [-0.2, 0) is 17.6 Å². The van der Waals surface area contributed by atoms with Gasteiger partial charge in [-0.25, -0.2) is 0 Å². The Morgan fingerprint density at radius 1 is 1.06 bits per heavy atom. The predicted octanol–water partition coefficient (Wildman–Crippen LogP) is 6.74. The van der Waals surface area contributed by atoms with Crippen LogP contribution >= 0.6 is 31.9 Å². The van der Waals surface area contributed by atoms with Gasteiger partial charge in [-0.1, -0.05) is 32.0 Å². The van der Waals surface area contributed by atoms with Crippen LogP contribution < -0.4 is 14.8 Å². The van der Waals surface area contributed by atoms with E-state index in [1.807, 2.05) is 56.3 Å². The zero-order valence-corrected chi connectivity index (χ0v) is 22.0. The summed E-state index contributed by atoms with van der Waals surface area (Å²) < 4.78 is 12.9. The molecule has 0 bridgehead atoms. The molecule has 0 aliphatic rings. The Labute approximate surface area is 211 Å². The standard InChI is InChI=1S/C26H27Br2NO4/c1-16(2)20-15-19(8-9-23(20)30)33-26-21(27)12-17(13-22(26)28)14-25(31)29-11-10-18-6-4-5-7-24(18)32-3/h4-9,12-13,15-16,30H,10-11,14H2,1-3H3,(H,29,31). The number of hydrogen-bond donors (Lipinski definition) is 2. The van der Waals surface area contributed by atoms with Crippen LogP contribution in [-0.4, -0.2) is 24.7 Å². The van der Waals surface area contributed by atoms with Gasteiger partial charge in [0.25, 0.3) is 0 Å². The third-order valence-corrected chi connectivity index (χ3v) is 6.35. The first kappa shape index (κ1) is 25.1. The van der Waals surface area contributed by atoms with Gasteiger partial charge in [-0.05, 0) is 91.7 Å². The predicted molar refractivity (Wildman–Crippen MR) is 138 cm³/mol. The fraction of sp³-hybridized carbons (Fsp3) is 0.269. The van der Waals surface area contributed by atoms with E-state index in [1.54, 1.807) is 19.2 Å². The molecule has 5 nitrogen and oxygen atoms in total. The Morgan fingerprint density at radius 3 is 2.42 bits per heavy atom. The van der Waals surface area contributed by atoms with Gasteiger partial charge in [0.15, 0.2) is 5.75 Å². The zero-order valence-electron chi connectivity index (χ0n) is 18.8.